The molecule has 1 aromatic carbocycles. The summed E-state index contributed by atoms with van der Waals surface area (Å²) in [6, 6.07) is -0.394. The number of rotatable bonds is 6. The van der Waals surface area contributed by atoms with E-state index in [9.17, 15) is 104 Å². The van der Waals surface area contributed by atoms with E-state index in [4.69, 9.17) is 5.11 Å². The molecule has 0 heterocycles. The van der Waals surface area contributed by atoms with Gasteiger partial charge in [0.1, 0.15) is 11.9 Å². The zero-order chi connectivity index (χ0) is 41.7. The number of aromatic hydroxyl groups is 1. The second-order valence-corrected chi connectivity index (χ2v) is 11.8. The fraction of sp³-hybridized carbons (Fsp3) is 0.667. The van der Waals surface area contributed by atoms with Gasteiger partial charge in [0.2, 0.25) is 0 Å². The molecule has 1 aromatic rings. The molecule has 0 saturated heterocycles. The zero-order valence-corrected chi connectivity index (χ0v) is 25.7. The third kappa shape index (κ3) is 8.94. The Bertz CT molecular complexity index is 1390. The van der Waals surface area contributed by atoms with Crippen LogP contribution in [0.25, 0.3) is 0 Å². The highest BCUT2D eigenvalue weighted by molar-refractivity contribution is 5.81. The largest absolute Gasteiger partial charge is 0.508 e. The van der Waals surface area contributed by atoms with E-state index in [2.05, 4.69) is 11.3 Å². The summed E-state index contributed by atoms with van der Waals surface area (Å²) >= 11 is 0. The maximum absolute atomic E-state index is 13.1. The van der Waals surface area contributed by atoms with E-state index in [-0.39, 0.29) is 32.0 Å². The highest BCUT2D eigenvalue weighted by atomic mass is 19.4. The van der Waals surface area contributed by atoms with Crippen LogP contribution >= 0.6 is 0 Å². The van der Waals surface area contributed by atoms with Crippen molar-refractivity contribution in [2.45, 2.75) is 98.7 Å². The summed E-state index contributed by atoms with van der Waals surface area (Å²) in [4.78, 5) is 11.3. The normalized spacial score (nSPS) is 22.3. The molecular formula is C27H26F18O7. The number of phenolic OH excluding ortho intramolecular Hbond substituents is 1. The topological polar surface area (TPSA) is 127 Å². The fourth-order valence-electron chi connectivity index (χ4n) is 4.98. The van der Waals surface area contributed by atoms with Crippen LogP contribution < -0.4 is 0 Å². The first-order valence-electron chi connectivity index (χ1n) is 13.6. The van der Waals surface area contributed by atoms with Gasteiger partial charge in [-0.25, -0.2) is 4.79 Å². The molecule has 25 heteroatoms. The third-order valence-electron chi connectivity index (χ3n) is 8.21. The standard InChI is InChI=1S/C15H17F9O4.C12H9F9O3/c1-3-10(25)28-9-5-7(11(2,26)13(16,17)18)4-8(6-9)12(27,14(19,20)21)15(22,23)24;1-8(23,10(13,14)15)5-2-6(4-7(22)3-5)9(24,11(16,17)18)12(19,20)21/h3,7-9,26-27H,1,4-6H2,2H3;2-4,22-24H,1H3. The zero-order valence-electron chi connectivity index (χ0n) is 25.7. The number of carbonyl (C=O) groups is 1. The van der Waals surface area contributed by atoms with Gasteiger partial charge in [0, 0.05) is 23.5 Å². The van der Waals surface area contributed by atoms with Crippen LogP contribution in [-0.4, -0.2) is 85.9 Å². The SMILES string of the molecule is C=CC(=O)OC1CC(C(C)(O)C(F)(F)F)CC(C(O)(C(F)(F)F)C(F)(F)F)C1.CC(O)(c1cc(O)cc(C(O)(C(F)(F)F)C(F)(F)F)c1)C(F)(F)F. The summed E-state index contributed by atoms with van der Waals surface area (Å²) < 4.78 is 237. The summed E-state index contributed by atoms with van der Waals surface area (Å²) in [7, 11) is 0. The number of benzene rings is 1. The molecule has 7 nitrogen and oxygen atoms in total. The molecule has 1 fully saturated rings. The Kier molecular flexibility index (Phi) is 12.8. The van der Waals surface area contributed by atoms with Crippen LogP contribution in [0.5, 0.6) is 5.75 Å². The molecule has 0 radical (unpaired) electrons. The quantitative estimate of drug-likeness (QED) is 0.118. The first-order valence-corrected chi connectivity index (χ1v) is 13.6. The molecule has 5 N–H and O–H groups in total. The highest BCUT2D eigenvalue weighted by Crippen LogP contribution is 2.56. The lowest BCUT2D eigenvalue weighted by Crippen LogP contribution is -2.64. The Balaban J connectivity index is 0.000000526. The molecule has 1 aliphatic rings. The van der Waals surface area contributed by atoms with Crippen molar-refractivity contribution in [2.75, 3.05) is 0 Å². The summed E-state index contributed by atoms with van der Waals surface area (Å²) in [6.07, 6.45) is -41.1. The van der Waals surface area contributed by atoms with Crippen LogP contribution in [0.15, 0.2) is 30.9 Å². The van der Waals surface area contributed by atoms with Crippen molar-refractivity contribution in [1.82, 2.24) is 0 Å². The molecular weight excluding hydrogens is 778 g/mol. The van der Waals surface area contributed by atoms with Crippen molar-refractivity contribution >= 4 is 5.97 Å². The van der Waals surface area contributed by atoms with Crippen molar-refractivity contribution in [3.05, 3.63) is 42.0 Å². The maximum Gasteiger partial charge on any atom is 0.430 e. The number of aliphatic hydroxyl groups is 4. The van der Waals surface area contributed by atoms with Crippen molar-refractivity contribution in [3.8, 4) is 5.75 Å². The molecule has 302 valence electrons. The van der Waals surface area contributed by atoms with Gasteiger partial charge in [-0.1, -0.05) is 6.58 Å². The van der Waals surface area contributed by atoms with Crippen LogP contribution in [0.4, 0.5) is 79.0 Å². The van der Waals surface area contributed by atoms with Gasteiger partial charge < -0.3 is 30.3 Å². The number of halogens is 18. The Morgan fingerprint density at radius 3 is 1.38 bits per heavy atom. The lowest BCUT2D eigenvalue weighted by molar-refractivity contribution is -0.391. The third-order valence-corrected chi connectivity index (χ3v) is 8.21. The van der Waals surface area contributed by atoms with Gasteiger partial charge in [0.05, 0.1) is 0 Å². The van der Waals surface area contributed by atoms with Crippen LogP contribution in [0.1, 0.15) is 44.2 Å². The second-order valence-electron chi connectivity index (χ2n) is 11.8. The molecule has 5 atom stereocenters. The monoisotopic (exact) mass is 804 g/mol. The predicted molar refractivity (Wildman–Crippen MR) is 134 cm³/mol. The number of hydrogen-bond donors (Lipinski definition) is 5. The molecule has 0 aliphatic heterocycles. The van der Waals surface area contributed by atoms with Crippen LogP contribution in [0, 0.1) is 11.8 Å². The minimum atomic E-state index is -6.36. The van der Waals surface area contributed by atoms with E-state index in [1.165, 1.54) is 0 Å². The van der Waals surface area contributed by atoms with Crippen molar-refractivity contribution in [3.63, 3.8) is 0 Å². The van der Waals surface area contributed by atoms with Gasteiger partial charge in [-0.3, -0.25) is 0 Å². The predicted octanol–water partition coefficient (Wildman–Crippen LogP) is 7.14. The number of carbonyl (C=O) groups excluding carboxylic acids is 1. The van der Waals surface area contributed by atoms with Crippen molar-refractivity contribution < 1.29 is 114 Å². The summed E-state index contributed by atoms with van der Waals surface area (Å²) in [5.74, 6) is -7.81. The van der Waals surface area contributed by atoms with E-state index < -0.39 is 120 Å². The Hall–Kier alpha value is -3.19. The summed E-state index contributed by atoms with van der Waals surface area (Å²) in [5.41, 5.74) is -22.1. The number of esters is 1. The number of alkyl halides is 18. The maximum atomic E-state index is 13.1. The molecule has 0 spiro atoms. The van der Waals surface area contributed by atoms with E-state index in [0.29, 0.717) is 6.08 Å². The molecule has 5 unspecified atom stereocenters. The van der Waals surface area contributed by atoms with E-state index in [0.717, 1.165) is 0 Å². The molecule has 1 saturated carbocycles. The minimum Gasteiger partial charge on any atom is -0.508 e. The van der Waals surface area contributed by atoms with E-state index >= 15 is 0 Å². The van der Waals surface area contributed by atoms with Crippen molar-refractivity contribution in [2.24, 2.45) is 11.8 Å². The lowest BCUT2D eigenvalue weighted by atomic mass is 9.66. The average molecular weight is 804 g/mol. The van der Waals surface area contributed by atoms with Crippen LogP contribution in [-0.2, 0) is 20.7 Å². The van der Waals surface area contributed by atoms with Gasteiger partial charge >= 0.3 is 43.0 Å². The smallest absolute Gasteiger partial charge is 0.430 e. The fourth-order valence-corrected chi connectivity index (χ4v) is 4.98. The highest BCUT2D eigenvalue weighted by Gasteiger charge is 2.75. The number of ether oxygens (including phenoxy) is 1. The molecule has 1 aliphatic carbocycles. The van der Waals surface area contributed by atoms with Gasteiger partial charge in [-0.15, -0.1) is 0 Å². The van der Waals surface area contributed by atoms with Crippen LogP contribution in [0.2, 0.25) is 0 Å². The first kappa shape index (κ1) is 46.8. The summed E-state index contributed by atoms with van der Waals surface area (Å²) in [6.45, 7) is 3.21. The van der Waals surface area contributed by atoms with Gasteiger partial charge in [0.25, 0.3) is 11.2 Å². The Labute approximate surface area is 279 Å². The van der Waals surface area contributed by atoms with Crippen molar-refractivity contribution in [1.29, 1.82) is 0 Å². The molecule has 0 bridgehead atoms. The van der Waals surface area contributed by atoms with Gasteiger partial charge in [-0.05, 0) is 56.9 Å². The Morgan fingerprint density at radius 1 is 0.635 bits per heavy atom. The van der Waals surface area contributed by atoms with E-state index in [1.54, 1.807) is 0 Å². The van der Waals surface area contributed by atoms with Crippen LogP contribution in [0.3, 0.4) is 0 Å². The lowest BCUT2D eigenvalue weighted by Gasteiger charge is -2.47. The number of hydrogen-bond acceptors (Lipinski definition) is 7. The molecule has 52 heavy (non-hydrogen) atoms. The first-order chi connectivity index (χ1) is 22.6. The van der Waals surface area contributed by atoms with Gasteiger partial charge in [-0.2, -0.15) is 79.0 Å². The Morgan fingerprint density at radius 2 is 1.04 bits per heavy atom. The summed E-state index contributed by atoms with van der Waals surface area (Å²) in [5, 5.41) is 47.0. The minimum absolute atomic E-state index is 0.0613. The molecule has 0 amide bonds. The average Bonchev–Trinajstić information content (AvgIpc) is 2.92. The molecule has 0 aromatic heterocycles. The molecule has 2 rings (SSSR count). The number of phenols is 1. The second kappa shape index (κ2) is 14.2. The van der Waals surface area contributed by atoms with Gasteiger partial charge in [0.15, 0.2) is 11.2 Å². The van der Waals surface area contributed by atoms with E-state index in [1.807, 2.05) is 0 Å².